The van der Waals surface area contributed by atoms with Crippen molar-refractivity contribution in [2.45, 2.75) is 57.6 Å². The lowest BCUT2D eigenvalue weighted by molar-refractivity contribution is -0.157. The summed E-state index contributed by atoms with van der Waals surface area (Å²) in [6, 6.07) is 0.703. The predicted octanol–water partition coefficient (Wildman–Crippen LogP) is 1.99. The van der Waals surface area contributed by atoms with Gasteiger partial charge in [0.25, 0.3) is 0 Å². The van der Waals surface area contributed by atoms with E-state index in [0.29, 0.717) is 49.7 Å². The maximum atomic E-state index is 13.2. The molecule has 0 aliphatic carbocycles. The van der Waals surface area contributed by atoms with Gasteiger partial charge in [-0.15, -0.1) is 0 Å². The van der Waals surface area contributed by atoms with Crippen molar-refractivity contribution >= 4 is 15.6 Å². The van der Waals surface area contributed by atoms with E-state index in [1.807, 2.05) is 6.92 Å². The third kappa shape index (κ3) is 4.06. The van der Waals surface area contributed by atoms with Gasteiger partial charge in [0.1, 0.15) is 0 Å². The monoisotopic (exact) mass is 397 g/mol. The van der Waals surface area contributed by atoms with Crippen LogP contribution in [-0.2, 0) is 19.3 Å². The van der Waals surface area contributed by atoms with E-state index < -0.39 is 9.73 Å². The van der Waals surface area contributed by atoms with E-state index >= 15 is 0 Å². The Bertz CT molecular complexity index is 674. The molecule has 0 N–H and O–H groups in total. The van der Waals surface area contributed by atoms with Crippen LogP contribution in [0.3, 0.4) is 0 Å². The number of piperidine rings is 1. The molecule has 4 saturated heterocycles. The minimum absolute atomic E-state index is 0.143. The molecule has 4 aliphatic rings. The van der Waals surface area contributed by atoms with E-state index in [1.54, 1.807) is 0 Å². The van der Waals surface area contributed by atoms with Gasteiger partial charge in [-0.1, -0.05) is 6.92 Å². The van der Waals surface area contributed by atoms with E-state index in [2.05, 4.69) is 21.1 Å². The van der Waals surface area contributed by atoms with Gasteiger partial charge in [-0.3, -0.25) is 9.69 Å². The molecule has 3 atom stereocenters. The second-order valence-electron chi connectivity index (χ2n) is 9.14. The molecule has 4 rings (SSSR count). The van der Waals surface area contributed by atoms with Crippen LogP contribution in [0.2, 0.25) is 0 Å². The molecule has 0 aromatic heterocycles. The smallest absolute Gasteiger partial charge is 0.227 e. The summed E-state index contributed by atoms with van der Waals surface area (Å²) < 4.78 is 23.2. The normalized spacial score (nSPS) is 42.9. The number of hydrogen-bond donors (Lipinski definition) is 0. The molecule has 3 unspecified atom stereocenters. The summed E-state index contributed by atoms with van der Waals surface area (Å²) in [5, 5.41) is 0. The Balaban J connectivity index is 1.38. The van der Waals surface area contributed by atoms with Crippen molar-refractivity contribution in [3.63, 3.8) is 0 Å². The molecule has 0 radical (unpaired) electrons. The molecule has 4 fully saturated rings. The fourth-order valence-electron chi connectivity index (χ4n) is 5.61. The van der Waals surface area contributed by atoms with Gasteiger partial charge < -0.3 is 9.64 Å². The highest BCUT2D eigenvalue weighted by Gasteiger charge is 2.44. The van der Waals surface area contributed by atoms with Gasteiger partial charge in [0.2, 0.25) is 5.91 Å². The summed E-state index contributed by atoms with van der Waals surface area (Å²) in [7, 11) is -2.05. The van der Waals surface area contributed by atoms with Gasteiger partial charge in [-0.2, -0.15) is 0 Å². The highest BCUT2D eigenvalue weighted by Crippen LogP contribution is 2.35. The predicted molar refractivity (Wildman–Crippen MR) is 107 cm³/mol. The standard InChI is InChI=1S/C20H35N3O3S/c1-3-21-27(25)10-6-20(7-11-27)15-22(8-9-26-20)19(24)17-4-5-18-12-16(2)13-23(18)14-17/h16-18H,3-15H2,1-2H3. The van der Waals surface area contributed by atoms with Crippen molar-refractivity contribution in [3.05, 3.63) is 0 Å². The summed E-state index contributed by atoms with van der Waals surface area (Å²) in [5.74, 6) is 2.45. The first-order chi connectivity index (χ1) is 12.9. The molecular formula is C20H35N3O3S. The number of fused-ring (bicyclic) bond motifs is 1. The first-order valence-corrected chi connectivity index (χ1v) is 12.6. The lowest BCUT2D eigenvalue weighted by Crippen LogP contribution is -2.58. The number of rotatable bonds is 2. The van der Waals surface area contributed by atoms with Crippen LogP contribution in [0.25, 0.3) is 0 Å². The molecule has 4 heterocycles. The van der Waals surface area contributed by atoms with Crippen LogP contribution >= 0.6 is 0 Å². The van der Waals surface area contributed by atoms with Gasteiger partial charge >= 0.3 is 0 Å². The zero-order chi connectivity index (χ0) is 19.1. The molecule has 1 amide bonds. The molecule has 0 aromatic rings. The number of amides is 1. The van der Waals surface area contributed by atoms with Crippen LogP contribution in [0.1, 0.15) is 46.0 Å². The average Bonchev–Trinajstić information content (AvgIpc) is 3.04. The Labute approximate surface area is 164 Å². The molecule has 154 valence electrons. The van der Waals surface area contributed by atoms with Crippen molar-refractivity contribution in [1.82, 2.24) is 9.80 Å². The first kappa shape index (κ1) is 19.6. The van der Waals surface area contributed by atoms with Gasteiger partial charge in [0.05, 0.1) is 18.1 Å². The maximum absolute atomic E-state index is 13.2. The third-order valence-corrected chi connectivity index (χ3v) is 9.48. The summed E-state index contributed by atoms with van der Waals surface area (Å²) in [4.78, 5) is 17.9. The summed E-state index contributed by atoms with van der Waals surface area (Å²) in [6.45, 7) is 8.95. The van der Waals surface area contributed by atoms with Crippen LogP contribution in [0, 0.1) is 11.8 Å². The maximum Gasteiger partial charge on any atom is 0.227 e. The van der Waals surface area contributed by atoms with Crippen LogP contribution in [0.4, 0.5) is 0 Å². The summed E-state index contributed by atoms with van der Waals surface area (Å²) >= 11 is 0. The number of hydrogen-bond acceptors (Lipinski definition) is 5. The molecule has 1 spiro atoms. The molecular weight excluding hydrogens is 362 g/mol. The number of carbonyl (C=O) groups excluding carboxylic acids is 1. The molecule has 27 heavy (non-hydrogen) atoms. The Morgan fingerprint density at radius 3 is 2.78 bits per heavy atom. The first-order valence-electron chi connectivity index (χ1n) is 10.8. The molecule has 0 bridgehead atoms. The molecule has 4 aliphatic heterocycles. The van der Waals surface area contributed by atoms with E-state index in [0.717, 1.165) is 44.7 Å². The van der Waals surface area contributed by atoms with Crippen molar-refractivity contribution in [3.8, 4) is 0 Å². The third-order valence-electron chi connectivity index (χ3n) is 7.07. The Morgan fingerprint density at radius 1 is 1.26 bits per heavy atom. The second kappa shape index (κ2) is 7.64. The van der Waals surface area contributed by atoms with E-state index in [1.165, 1.54) is 6.42 Å². The van der Waals surface area contributed by atoms with E-state index in [-0.39, 0.29) is 11.5 Å². The minimum atomic E-state index is -2.05. The SMILES string of the molecule is CCN=S1(=O)CCC2(CC1)CN(C(=O)C1CCC3CC(C)CN3C1)CCO2. The summed E-state index contributed by atoms with van der Waals surface area (Å²) in [6.07, 6.45) is 5.01. The number of carbonyl (C=O) groups is 1. The highest BCUT2D eigenvalue weighted by molar-refractivity contribution is 7.93. The minimum Gasteiger partial charge on any atom is -0.371 e. The van der Waals surface area contributed by atoms with Gasteiger partial charge in [0.15, 0.2) is 0 Å². The number of morpholine rings is 1. The van der Waals surface area contributed by atoms with Crippen molar-refractivity contribution in [1.29, 1.82) is 0 Å². The largest absolute Gasteiger partial charge is 0.371 e. The quantitative estimate of drug-likeness (QED) is 0.715. The Morgan fingerprint density at radius 2 is 2.04 bits per heavy atom. The Kier molecular flexibility index (Phi) is 5.56. The zero-order valence-electron chi connectivity index (χ0n) is 16.9. The Hall–Kier alpha value is -0.660. The fraction of sp³-hybridized carbons (Fsp3) is 0.950. The lowest BCUT2D eigenvalue weighted by atomic mass is 9.89. The van der Waals surface area contributed by atoms with Crippen molar-refractivity contribution < 1.29 is 13.7 Å². The van der Waals surface area contributed by atoms with Crippen LogP contribution in [0.15, 0.2) is 4.36 Å². The molecule has 0 saturated carbocycles. The van der Waals surface area contributed by atoms with Gasteiger partial charge in [0, 0.05) is 60.0 Å². The van der Waals surface area contributed by atoms with Crippen molar-refractivity contribution in [2.75, 3.05) is 50.8 Å². The van der Waals surface area contributed by atoms with Crippen LogP contribution in [-0.4, -0.2) is 82.4 Å². The summed E-state index contributed by atoms with van der Waals surface area (Å²) in [5.41, 5.74) is -0.294. The van der Waals surface area contributed by atoms with E-state index in [9.17, 15) is 9.00 Å². The molecule has 0 aromatic carbocycles. The highest BCUT2D eigenvalue weighted by atomic mass is 32.2. The van der Waals surface area contributed by atoms with Crippen molar-refractivity contribution in [2.24, 2.45) is 16.2 Å². The lowest BCUT2D eigenvalue weighted by Gasteiger charge is -2.46. The number of nitrogens with zero attached hydrogens (tertiary/aromatic N) is 3. The van der Waals surface area contributed by atoms with E-state index in [4.69, 9.17) is 4.74 Å². The second-order valence-corrected chi connectivity index (χ2v) is 11.8. The molecule has 6 nitrogen and oxygen atoms in total. The van der Waals surface area contributed by atoms with Gasteiger partial charge in [-0.25, -0.2) is 8.57 Å². The number of ether oxygens (including phenoxy) is 1. The fourth-order valence-corrected chi connectivity index (χ4v) is 7.92. The van der Waals surface area contributed by atoms with Crippen LogP contribution in [0.5, 0.6) is 0 Å². The van der Waals surface area contributed by atoms with Gasteiger partial charge in [-0.05, 0) is 44.9 Å². The average molecular weight is 398 g/mol. The zero-order valence-corrected chi connectivity index (χ0v) is 17.7. The topological polar surface area (TPSA) is 62.2 Å². The van der Waals surface area contributed by atoms with Crippen LogP contribution < -0.4 is 0 Å². The molecule has 7 heteroatoms.